The minimum atomic E-state index is -0.438. The third-order valence-electron chi connectivity index (χ3n) is 4.33. The van der Waals surface area contributed by atoms with Crippen LogP contribution in [0.5, 0.6) is 0 Å². The molecule has 1 fully saturated rings. The molecule has 23 heavy (non-hydrogen) atoms. The van der Waals surface area contributed by atoms with Crippen LogP contribution < -0.4 is 0 Å². The molecule has 0 bridgehead atoms. The number of hydrogen-bond acceptors (Lipinski definition) is 3. The van der Waals surface area contributed by atoms with Crippen LogP contribution in [-0.2, 0) is 4.74 Å². The molecule has 1 atom stereocenters. The maximum atomic E-state index is 13.8. The summed E-state index contributed by atoms with van der Waals surface area (Å²) in [5.74, 6) is -0.378. The van der Waals surface area contributed by atoms with Gasteiger partial charge in [0, 0.05) is 30.6 Å². The van der Waals surface area contributed by atoms with E-state index in [4.69, 9.17) is 9.15 Å². The summed E-state index contributed by atoms with van der Waals surface area (Å²) in [4.78, 5) is 14.5. The Labute approximate surface area is 135 Å². The predicted octanol–water partition coefficient (Wildman–Crippen LogP) is 3.91. The first-order valence-electron chi connectivity index (χ1n) is 8.20. The van der Waals surface area contributed by atoms with Crippen LogP contribution in [0.25, 0.3) is 11.0 Å². The van der Waals surface area contributed by atoms with Crippen LogP contribution in [0.1, 0.15) is 42.3 Å². The second-order valence-electron chi connectivity index (χ2n) is 6.06. The Morgan fingerprint density at radius 3 is 3.04 bits per heavy atom. The van der Waals surface area contributed by atoms with Crippen molar-refractivity contribution in [3.05, 3.63) is 35.3 Å². The van der Waals surface area contributed by atoms with Gasteiger partial charge < -0.3 is 14.1 Å². The Bertz CT molecular complexity index is 710. The minimum Gasteiger partial charge on any atom is -0.448 e. The van der Waals surface area contributed by atoms with Crippen LogP contribution in [0.4, 0.5) is 4.39 Å². The van der Waals surface area contributed by atoms with Crippen molar-refractivity contribution in [2.45, 2.75) is 39.2 Å². The highest BCUT2D eigenvalue weighted by molar-refractivity contribution is 5.99. The molecule has 0 N–H and O–H groups in total. The SMILES string of the molecule is CCCOC1CCCN(C(=O)c2oc3c(F)cccc3c2C)C1. The first kappa shape index (κ1) is 16.0. The van der Waals surface area contributed by atoms with E-state index in [1.54, 1.807) is 24.0 Å². The van der Waals surface area contributed by atoms with E-state index >= 15 is 0 Å². The van der Waals surface area contributed by atoms with Crippen LogP contribution in [-0.4, -0.2) is 36.6 Å². The Hall–Kier alpha value is -1.88. The fourth-order valence-corrected chi connectivity index (χ4v) is 3.10. The van der Waals surface area contributed by atoms with Crippen LogP contribution >= 0.6 is 0 Å². The summed E-state index contributed by atoms with van der Waals surface area (Å²) in [7, 11) is 0. The number of hydrogen-bond donors (Lipinski definition) is 0. The van der Waals surface area contributed by atoms with Crippen molar-refractivity contribution >= 4 is 16.9 Å². The fraction of sp³-hybridized carbons (Fsp3) is 0.500. The van der Waals surface area contributed by atoms with Gasteiger partial charge in [0.15, 0.2) is 17.2 Å². The van der Waals surface area contributed by atoms with Gasteiger partial charge in [-0.2, -0.15) is 0 Å². The summed E-state index contributed by atoms with van der Waals surface area (Å²) in [6.45, 7) is 5.83. The smallest absolute Gasteiger partial charge is 0.289 e. The van der Waals surface area contributed by atoms with Crippen molar-refractivity contribution in [3.63, 3.8) is 0 Å². The summed E-state index contributed by atoms with van der Waals surface area (Å²) >= 11 is 0. The van der Waals surface area contributed by atoms with Gasteiger partial charge in [-0.15, -0.1) is 0 Å². The largest absolute Gasteiger partial charge is 0.448 e. The monoisotopic (exact) mass is 319 g/mol. The third-order valence-corrected chi connectivity index (χ3v) is 4.33. The zero-order valence-corrected chi connectivity index (χ0v) is 13.6. The lowest BCUT2D eigenvalue weighted by Crippen LogP contribution is -2.43. The topological polar surface area (TPSA) is 42.7 Å². The molecule has 2 aromatic rings. The molecule has 1 aliphatic rings. The minimum absolute atomic E-state index is 0.0778. The normalized spacial score (nSPS) is 18.6. The highest BCUT2D eigenvalue weighted by Crippen LogP contribution is 2.29. The fourth-order valence-electron chi connectivity index (χ4n) is 3.10. The number of halogens is 1. The molecule has 0 saturated carbocycles. The Morgan fingerprint density at radius 1 is 1.48 bits per heavy atom. The Balaban J connectivity index is 1.82. The van der Waals surface area contributed by atoms with Crippen molar-refractivity contribution in [2.24, 2.45) is 0 Å². The molecule has 1 aliphatic heterocycles. The van der Waals surface area contributed by atoms with E-state index in [2.05, 4.69) is 6.92 Å². The molecule has 0 aliphatic carbocycles. The number of carbonyl (C=O) groups excluding carboxylic acids is 1. The van der Waals surface area contributed by atoms with Gasteiger partial charge in [0.05, 0.1) is 6.10 Å². The molecule has 5 heteroatoms. The zero-order valence-electron chi connectivity index (χ0n) is 13.6. The summed E-state index contributed by atoms with van der Waals surface area (Å²) in [6.07, 6.45) is 2.92. The molecule has 0 radical (unpaired) electrons. The number of carbonyl (C=O) groups is 1. The lowest BCUT2D eigenvalue weighted by Gasteiger charge is -2.32. The van der Waals surface area contributed by atoms with Crippen molar-refractivity contribution < 1.29 is 18.3 Å². The number of furan rings is 1. The number of rotatable bonds is 4. The van der Waals surface area contributed by atoms with Gasteiger partial charge in [-0.1, -0.05) is 19.1 Å². The number of amides is 1. The number of fused-ring (bicyclic) bond motifs is 1. The van der Waals surface area contributed by atoms with Gasteiger partial charge in [0.1, 0.15) is 0 Å². The number of piperidine rings is 1. The zero-order chi connectivity index (χ0) is 16.4. The lowest BCUT2D eigenvalue weighted by atomic mass is 10.1. The van der Waals surface area contributed by atoms with Crippen LogP contribution in [0.15, 0.2) is 22.6 Å². The van der Waals surface area contributed by atoms with Crippen molar-refractivity contribution in [1.82, 2.24) is 4.90 Å². The van der Waals surface area contributed by atoms with Gasteiger partial charge in [0.25, 0.3) is 5.91 Å². The highest BCUT2D eigenvalue weighted by atomic mass is 19.1. The summed E-state index contributed by atoms with van der Waals surface area (Å²) < 4.78 is 25.2. The standard InChI is InChI=1S/C18H22FNO3/c1-3-10-22-13-6-5-9-20(11-13)18(21)16-12(2)14-7-4-8-15(19)17(14)23-16/h4,7-8,13H,3,5-6,9-11H2,1-2H3. The van der Waals surface area contributed by atoms with Gasteiger partial charge >= 0.3 is 0 Å². The second-order valence-corrected chi connectivity index (χ2v) is 6.06. The summed E-state index contributed by atoms with van der Waals surface area (Å²) in [5, 5.41) is 0.657. The average Bonchev–Trinajstić information content (AvgIpc) is 2.91. The highest BCUT2D eigenvalue weighted by Gasteiger charge is 2.29. The van der Waals surface area contributed by atoms with Gasteiger partial charge in [0.2, 0.25) is 0 Å². The Morgan fingerprint density at radius 2 is 2.30 bits per heavy atom. The number of ether oxygens (including phenoxy) is 1. The second kappa shape index (κ2) is 6.71. The molecule has 1 unspecified atom stereocenters. The first-order valence-corrected chi connectivity index (χ1v) is 8.20. The van der Waals surface area contributed by atoms with E-state index in [-0.39, 0.29) is 23.4 Å². The van der Waals surface area contributed by atoms with Gasteiger partial charge in [-0.3, -0.25) is 4.79 Å². The van der Waals surface area contributed by atoms with E-state index < -0.39 is 5.82 Å². The van der Waals surface area contributed by atoms with Crippen LogP contribution in [0, 0.1) is 12.7 Å². The van der Waals surface area contributed by atoms with E-state index in [1.807, 2.05) is 0 Å². The summed E-state index contributed by atoms with van der Waals surface area (Å²) in [6, 6.07) is 4.75. The maximum absolute atomic E-state index is 13.8. The molecule has 1 saturated heterocycles. The number of aryl methyl sites for hydroxylation is 1. The number of para-hydroxylation sites is 1. The summed E-state index contributed by atoms with van der Waals surface area (Å²) in [5.41, 5.74) is 0.852. The molecule has 1 amide bonds. The molecule has 1 aromatic heterocycles. The van der Waals surface area contributed by atoms with Crippen molar-refractivity contribution in [2.75, 3.05) is 19.7 Å². The quantitative estimate of drug-likeness (QED) is 0.858. The molecule has 124 valence electrons. The van der Waals surface area contributed by atoms with E-state index in [0.29, 0.717) is 30.6 Å². The third kappa shape index (κ3) is 3.11. The molecule has 1 aromatic carbocycles. The Kier molecular flexibility index (Phi) is 4.66. The molecule has 2 heterocycles. The van der Waals surface area contributed by atoms with Gasteiger partial charge in [-0.05, 0) is 32.3 Å². The average molecular weight is 319 g/mol. The van der Waals surface area contributed by atoms with Crippen molar-refractivity contribution in [1.29, 1.82) is 0 Å². The number of benzene rings is 1. The molecule has 4 nitrogen and oxygen atoms in total. The van der Waals surface area contributed by atoms with Crippen LogP contribution in [0.3, 0.4) is 0 Å². The van der Waals surface area contributed by atoms with Gasteiger partial charge in [-0.25, -0.2) is 4.39 Å². The molecule has 3 rings (SSSR count). The van der Waals surface area contributed by atoms with Crippen molar-refractivity contribution in [3.8, 4) is 0 Å². The first-order chi connectivity index (χ1) is 11.1. The number of nitrogens with zero attached hydrogens (tertiary/aromatic N) is 1. The molecular weight excluding hydrogens is 297 g/mol. The van der Waals surface area contributed by atoms with E-state index in [1.165, 1.54) is 6.07 Å². The maximum Gasteiger partial charge on any atom is 0.289 e. The molecular formula is C18H22FNO3. The van der Waals surface area contributed by atoms with Crippen LogP contribution in [0.2, 0.25) is 0 Å². The molecule has 0 spiro atoms. The van der Waals surface area contributed by atoms with E-state index in [0.717, 1.165) is 19.3 Å². The van der Waals surface area contributed by atoms with E-state index in [9.17, 15) is 9.18 Å². The lowest BCUT2D eigenvalue weighted by molar-refractivity contribution is 0.00118. The predicted molar refractivity (Wildman–Crippen MR) is 86.1 cm³/mol. The number of likely N-dealkylation sites (tertiary alicyclic amines) is 1.